The number of halogens is 2. The number of amides is 1. The van der Waals surface area contributed by atoms with Crippen molar-refractivity contribution in [2.75, 3.05) is 12.0 Å². The van der Waals surface area contributed by atoms with Crippen LogP contribution in [0, 0.1) is 17.6 Å². The predicted molar refractivity (Wildman–Crippen MR) is 145 cm³/mol. The molecule has 0 aromatic heterocycles. The lowest BCUT2D eigenvalue weighted by Crippen LogP contribution is -2.55. The van der Waals surface area contributed by atoms with Crippen LogP contribution in [0.4, 0.5) is 14.5 Å². The lowest BCUT2D eigenvalue weighted by Gasteiger charge is -2.48. The highest BCUT2D eigenvalue weighted by molar-refractivity contribution is 6.03. The van der Waals surface area contributed by atoms with Crippen molar-refractivity contribution in [3.05, 3.63) is 119 Å². The number of carbonyl (C=O) groups is 2. The van der Waals surface area contributed by atoms with Crippen LogP contribution in [0.1, 0.15) is 46.5 Å². The number of aldehydes is 1. The Balaban J connectivity index is 1.43. The van der Waals surface area contributed by atoms with E-state index in [2.05, 4.69) is 0 Å². The van der Waals surface area contributed by atoms with Crippen LogP contribution in [0.25, 0.3) is 11.1 Å². The molecule has 1 aliphatic rings. The van der Waals surface area contributed by atoms with Crippen molar-refractivity contribution < 1.29 is 28.2 Å². The van der Waals surface area contributed by atoms with Gasteiger partial charge in [0.15, 0.2) is 6.29 Å². The zero-order valence-corrected chi connectivity index (χ0v) is 21.3. The molecular weight excluding hydrogens is 500 g/mol. The standard InChI is InChI=1S/C32H27F2NO4/c1-39-27-15-8-23(19-36)29(18-27)20-2-4-22(5-3-20)31-28(16-17-30(37)21-6-9-24(33)10-7-21)32(38)35(31)26-13-11-25(34)12-14-26/h2-15,18-19,28,30-31,37H,16-17H2,1H3. The van der Waals surface area contributed by atoms with E-state index >= 15 is 0 Å². The van der Waals surface area contributed by atoms with E-state index in [1.54, 1.807) is 42.3 Å². The van der Waals surface area contributed by atoms with Gasteiger partial charge < -0.3 is 14.7 Å². The number of carbonyl (C=O) groups excluding carboxylic acids is 2. The fourth-order valence-corrected chi connectivity index (χ4v) is 5.16. The fraction of sp³-hybridized carbons (Fsp3) is 0.188. The molecule has 39 heavy (non-hydrogen) atoms. The fourth-order valence-electron chi connectivity index (χ4n) is 5.16. The van der Waals surface area contributed by atoms with E-state index in [9.17, 15) is 23.5 Å². The molecule has 1 amide bonds. The summed E-state index contributed by atoms with van der Waals surface area (Å²) >= 11 is 0. The van der Waals surface area contributed by atoms with Crippen LogP contribution in [0.2, 0.25) is 0 Å². The van der Waals surface area contributed by atoms with Gasteiger partial charge in [0.1, 0.15) is 17.4 Å². The molecule has 1 saturated heterocycles. The van der Waals surface area contributed by atoms with Gasteiger partial charge in [-0.3, -0.25) is 9.59 Å². The van der Waals surface area contributed by atoms with Crippen molar-refractivity contribution in [2.45, 2.75) is 25.0 Å². The minimum atomic E-state index is -0.837. The number of hydrogen-bond acceptors (Lipinski definition) is 4. The zero-order valence-electron chi connectivity index (χ0n) is 21.3. The second kappa shape index (κ2) is 11.2. The molecule has 3 unspecified atom stereocenters. The van der Waals surface area contributed by atoms with Gasteiger partial charge in [-0.15, -0.1) is 0 Å². The van der Waals surface area contributed by atoms with E-state index in [1.165, 1.54) is 36.4 Å². The zero-order chi connectivity index (χ0) is 27.5. The first-order valence-corrected chi connectivity index (χ1v) is 12.7. The molecule has 0 aliphatic carbocycles. The van der Waals surface area contributed by atoms with Gasteiger partial charge in [0.25, 0.3) is 0 Å². The van der Waals surface area contributed by atoms with Gasteiger partial charge in [0.05, 0.1) is 25.2 Å². The number of methoxy groups -OCH3 is 1. The van der Waals surface area contributed by atoms with Crippen molar-refractivity contribution in [3.8, 4) is 16.9 Å². The normalized spacial score (nSPS) is 17.4. The summed E-state index contributed by atoms with van der Waals surface area (Å²) in [7, 11) is 1.56. The first-order chi connectivity index (χ1) is 18.9. The molecule has 0 radical (unpaired) electrons. The van der Waals surface area contributed by atoms with Gasteiger partial charge in [-0.1, -0.05) is 36.4 Å². The molecule has 5 nitrogen and oxygen atoms in total. The summed E-state index contributed by atoms with van der Waals surface area (Å²) in [5, 5.41) is 10.7. The van der Waals surface area contributed by atoms with E-state index in [0.717, 1.165) is 23.0 Å². The molecule has 0 bridgehead atoms. The minimum Gasteiger partial charge on any atom is -0.497 e. The summed E-state index contributed by atoms with van der Waals surface area (Å²) < 4.78 is 32.2. The topological polar surface area (TPSA) is 66.8 Å². The van der Waals surface area contributed by atoms with Crippen molar-refractivity contribution in [3.63, 3.8) is 0 Å². The van der Waals surface area contributed by atoms with E-state index in [1.807, 2.05) is 24.3 Å². The van der Waals surface area contributed by atoms with Crippen LogP contribution in [-0.4, -0.2) is 24.4 Å². The Morgan fingerprint density at radius 3 is 2.18 bits per heavy atom. The van der Waals surface area contributed by atoms with E-state index in [4.69, 9.17) is 4.74 Å². The molecule has 5 rings (SSSR count). The molecule has 4 aromatic carbocycles. The molecule has 1 aliphatic heterocycles. The lowest BCUT2D eigenvalue weighted by atomic mass is 9.78. The molecule has 1 fully saturated rings. The van der Waals surface area contributed by atoms with Crippen LogP contribution in [0.3, 0.4) is 0 Å². The molecule has 4 aromatic rings. The maximum Gasteiger partial charge on any atom is 0.233 e. The van der Waals surface area contributed by atoms with Crippen molar-refractivity contribution in [2.24, 2.45) is 5.92 Å². The average molecular weight is 528 g/mol. The molecule has 3 atom stereocenters. The summed E-state index contributed by atoms with van der Waals surface area (Å²) in [6.07, 6.45) is 0.690. The minimum absolute atomic E-state index is 0.113. The monoisotopic (exact) mass is 527 g/mol. The Labute approximate surface area is 225 Å². The first kappa shape index (κ1) is 26.3. The maximum atomic E-state index is 13.6. The summed E-state index contributed by atoms with van der Waals surface area (Å²) in [5.41, 5.74) is 4.13. The smallest absolute Gasteiger partial charge is 0.233 e. The number of β-lactam (4-membered cyclic amide) rings is 1. The van der Waals surface area contributed by atoms with Crippen molar-refractivity contribution in [1.29, 1.82) is 0 Å². The van der Waals surface area contributed by atoms with E-state index < -0.39 is 17.8 Å². The number of nitrogens with zero attached hydrogens (tertiary/aromatic N) is 1. The number of hydrogen-bond donors (Lipinski definition) is 1. The summed E-state index contributed by atoms with van der Waals surface area (Å²) in [6.45, 7) is 0. The number of aliphatic hydroxyl groups excluding tert-OH is 1. The number of benzene rings is 4. The number of ether oxygens (including phenoxy) is 1. The van der Waals surface area contributed by atoms with Crippen molar-refractivity contribution >= 4 is 17.9 Å². The number of rotatable bonds is 9. The second-order valence-electron chi connectivity index (χ2n) is 9.57. The average Bonchev–Trinajstić information content (AvgIpc) is 2.97. The Bertz CT molecular complexity index is 1470. The Morgan fingerprint density at radius 2 is 1.56 bits per heavy atom. The van der Waals surface area contributed by atoms with Gasteiger partial charge in [-0.2, -0.15) is 0 Å². The van der Waals surface area contributed by atoms with Crippen LogP contribution in [0.5, 0.6) is 5.75 Å². The molecule has 7 heteroatoms. The van der Waals surface area contributed by atoms with Crippen molar-refractivity contribution in [1.82, 2.24) is 0 Å². The Hall–Kier alpha value is -4.36. The highest BCUT2D eigenvalue weighted by atomic mass is 19.1. The molecule has 0 spiro atoms. The quantitative estimate of drug-likeness (QED) is 0.195. The van der Waals surface area contributed by atoms with Gasteiger partial charge >= 0.3 is 0 Å². The second-order valence-corrected chi connectivity index (χ2v) is 9.57. The third-order valence-electron chi connectivity index (χ3n) is 7.28. The van der Waals surface area contributed by atoms with Crippen LogP contribution >= 0.6 is 0 Å². The van der Waals surface area contributed by atoms with Crippen LogP contribution < -0.4 is 9.64 Å². The first-order valence-electron chi connectivity index (χ1n) is 12.7. The molecular formula is C32H27F2NO4. The predicted octanol–water partition coefficient (Wildman–Crippen LogP) is 6.67. The number of aliphatic hydroxyl groups is 1. The molecule has 0 saturated carbocycles. The maximum absolute atomic E-state index is 13.6. The van der Waals surface area contributed by atoms with E-state index in [0.29, 0.717) is 35.4 Å². The van der Waals surface area contributed by atoms with E-state index in [-0.39, 0.29) is 17.8 Å². The highest BCUT2D eigenvalue weighted by Gasteiger charge is 2.48. The molecule has 1 N–H and O–H groups in total. The summed E-state index contributed by atoms with van der Waals surface area (Å²) in [6, 6.07) is 24.0. The van der Waals surface area contributed by atoms with Gasteiger partial charge in [-0.05, 0) is 89.7 Å². The molecule has 198 valence electrons. The summed E-state index contributed by atoms with van der Waals surface area (Å²) in [4.78, 5) is 26.6. The van der Waals surface area contributed by atoms with Gasteiger partial charge in [-0.25, -0.2) is 8.78 Å². The number of anilines is 1. The Morgan fingerprint density at radius 1 is 0.923 bits per heavy atom. The van der Waals surface area contributed by atoms with Crippen LogP contribution in [-0.2, 0) is 4.79 Å². The van der Waals surface area contributed by atoms with Crippen LogP contribution in [0.15, 0.2) is 91.0 Å². The third kappa shape index (κ3) is 5.31. The molecule has 1 heterocycles. The third-order valence-corrected chi connectivity index (χ3v) is 7.28. The Kier molecular flexibility index (Phi) is 7.52. The SMILES string of the molecule is COc1ccc(C=O)c(-c2ccc(C3C(CCC(O)c4ccc(F)cc4)C(=O)N3c3ccc(F)cc3)cc2)c1. The largest absolute Gasteiger partial charge is 0.497 e. The lowest BCUT2D eigenvalue weighted by molar-refractivity contribution is -0.131. The van der Waals surface area contributed by atoms with Gasteiger partial charge in [0, 0.05) is 11.3 Å². The van der Waals surface area contributed by atoms with Gasteiger partial charge in [0.2, 0.25) is 5.91 Å². The summed E-state index contributed by atoms with van der Waals surface area (Å²) in [5.74, 6) is -0.661. The highest BCUT2D eigenvalue weighted by Crippen LogP contribution is 2.46.